The quantitative estimate of drug-likeness (QED) is 0.513. The van der Waals surface area contributed by atoms with Gasteiger partial charge in [0.15, 0.2) is 6.29 Å². The molecular formula is C23H22O4. The van der Waals surface area contributed by atoms with Crippen LogP contribution < -0.4 is 9.47 Å². The van der Waals surface area contributed by atoms with Crippen LogP contribution in [0, 0.1) is 0 Å². The molecule has 3 aromatic rings. The summed E-state index contributed by atoms with van der Waals surface area (Å²) < 4.78 is 17.1. The second-order valence-corrected chi connectivity index (χ2v) is 6.09. The zero-order valence-electron chi connectivity index (χ0n) is 15.3. The van der Waals surface area contributed by atoms with Crippen molar-refractivity contribution in [2.75, 3.05) is 7.11 Å². The monoisotopic (exact) mass is 362 g/mol. The lowest BCUT2D eigenvalue weighted by molar-refractivity contribution is 0.111. The van der Waals surface area contributed by atoms with E-state index >= 15 is 0 Å². The van der Waals surface area contributed by atoms with Gasteiger partial charge in [0.05, 0.1) is 12.2 Å². The molecule has 0 aliphatic carbocycles. The molecule has 3 aromatic carbocycles. The van der Waals surface area contributed by atoms with Crippen molar-refractivity contribution in [1.82, 2.24) is 0 Å². The van der Waals surface area contributed by atoms with E-state index < -0.39 is 0 Å². The predicted octanol–water partition coefficient (Wildman–Crippen LogP) is 4.80. The highest BCUT2D eigenvalue weighted by molar-refractivity contribution is 5.82. The fourth-order valence-electron chi connectivity index (χ4n) is 2.74. The maximum absolute atomic E-state index is 11.6. The van der Waals surface area contributed by atoms with E-state index in [1.807, 2.05) is 66.7 Å². The topological polar surface area (TPSA) is 44.8 Å². The van der Waals surface area contributed by atoms with Crippen LogP contribution in [0.5, 0.6) is 11.5 Å². The van der Waals surface area contributed by atoms with Gasteiger partial charge in [-0.25, -0.2) is 0 Å². The maximum atomic E-state index is 11.6. The summed E-state index contributed by atoms with van der Waals surface area (Å²) in [6.45, 7) is 1.11. The van der Waals surface area contributed by atoms with Crippen LogP contribution in [-0.4, -0.2) is 13.4 Å². The molecule has 138 valence electrons. The van der Waals surface area contributed by atoms with Crippen LogP contribution in [0.3, 0.4) is 0 Å². The Labute approximate surface area is 159 Å². The first-order valence-electron chi connectivity index (χ1n) is 8.74. The molecule has 4 heteroatoms. The van der Waals surface area contributed by atoms with Crippen LogP contribution in [-0.2, 0) is 24.6 Å². The number of benzene rings is 3. The molecule has 0 spiro atoms. The van der Waals surface area contributed by atoms with Crippen LogP contribution in [0.15, 0.2) is 72.8 Å². The number of aldehydes is 1. The lowest BCUT2D eigenvalue weighted by Crippen LogP contribution is -2.04. The number of methoxy groups -OCH3 is 1. The molecule has 0 amide bonds. The molecular weight excluding hydrogens is 340 g/mol. The highest BCUT2D eigenvalue weighted by Crippen LogP contribution is 2.29. The largest absolute Gasteiger partial charge is 0.489 e. The average molecular weight is 362 g/mol. The first kappa shape index (κ1) is 18.7. The molecule has 0 bridgehead atoms. The minimum Gasteiger partial charge on any atom is -0.489 e. The van der Waals surface area contributed by atoms with Crippen molar-refractivity contribution in [3.05, 3.63) is 95.1 Å². The zero-order valence-corrected chi connectivity index (χ0v) is 15.3. The third-order valence-corrected chi connectivity index (χ3v) is 4.10. The Bertz CT molecular complexity index is 860. The number of carbonyl (C=O) groups is 1. The molecule has 3 rings (SSSR count). The Morgan fingerprint density at radius 1 is 0.778 bits per heavy atom. The molecule has 0 unspecified atom stereocenters. The van der Waals surface area contributed by atoms with Crippen molar-refractivity contribution in [2.24, 2.45) is 0 Å². The van der Waals surface area contributed by atoms with E-state index in [4.69, 9.17) is 14.2 Å². The van der Waals surface area contributed by atoms with Gasteiger partial charge in [-0.05, 0) is 22.8 Å². The lowest BCUT2D eigenvalue weighted by atomic mass is 10.1. The Morgan fingerprint density at radius 3 is 1.93 bits per heavy atom. The molecule has 0 saturated carbocycles. The van der Waals surface area contributed by atoms with Crippen LogP contribution in [0.2, 0.25) is 0 Å². The highest BCUT2D eigenvalue weighted by Gasteiger charge is 2.13. The summed E-state index contributed by atoms with van der Waals surface area (Å²) in [7, 11) is 1.59. The van der Waals surface area contributed by atoms with E-state index in [0.717, 1.165) is 23.0 Å². The van der Waals surface area contributed by atoms with Crippen molar-refractivity contribution in [2.45, 2.75) is 19.8 Å². The van der Waals surface area contributed by atoms with Crippen molar-refractivity contribution in [3.63, 3.8) is 0 Å². The van der Waals surface area contributed by atoms with Gasteiger partial charge in [0, 0.05) is 13.2 Å². The second kappa shape index (κ2) is 9.55. The fourth-order valence-corrected chi connectivity index (χ4v) is 2.74. The normalized spacial score (nSPS) is 10.4. The van der Waals surface area contributed by atoms with Gasteiger partial charge in [-0.15, -0.1) is 0 Å². The molecule has 0 aliphatic rings. The van der Waals surface area contributed by atoms with Crippen molar-refractivity contribution < 1.29 is 19.0 Å². The van der Waals surface area contributed by atoms with E-state index in [0.29, 0.717) is 36.9 Å². The summed E-state index contributed by atoms with van der Waals surface area (Å²) in [6, 6.07) is 23.3. The van der Waals surface area contributed by atoms with Crippen molar-refractivity contribution >= 4 is 6.29 Å². The second-order valence-electron chi connectivity index (χ2n) is 6.09. The van der Waals surface area contributed by atoms with Gasteiger partial charge in [-0.3, -0.25) is 4.79 Å². The van der Waals surface area contributed by atoms with Crippen LogP contribution in [0.25, 0.3) is 0 Å². The molecule has 0 N–H and O–H groups in total. The van der Waals surface area contributed by atoms with Gasteiger partial charge in [-0.1, -0.05) is 60.7 Å². The Balaban J connectivity index is 1.82. The van der Waals surface area contributed by atoms with Crippen LogP contribution in [0.4, 0.5) is 0 Å². The number of rotatable bonds is 9. The van der Waals surface area contributed by atoms with Crippen molar-refractivity contribution in [1.29, 1.82) is 0 Å². The summed E-state index contributed by atoms with van der Waals surface area (Å²) in [5, 5.41) is 0. The molecule has 0 aromatic heterocycles. The molecule has 0 saturated heterocycles. The fraction of sp³-hybridized carbons (Fsp3) is 0.174. The first-order chi connectivity index (χ1) is 13.3. The van der Waals surface area contributed by atoms with E-state index in [9.17, 15) is 4.79 Å². The molecule has 0 heterocycles. The molecule has 27 heavy (non-hydrogen) atoms. The van der Waals surface area contributed by atoms with Gasteiger partial charge in [-0.2, -0.15) is 0 Å². The summed E-state index contributed by atoms with van der Waals surface area (Å²) in [5.41, 5.74) is 3.32. The Kier molecular flexibility index (Phi) is 6.61. The smallest absolute Gasteiger partial charge is 0.154 e. The average Bonchev–Trinajstić information content (AvgIpc) is 2.72. The van der Waals surface area contributed by atoms with Gasteiger partial charge in [0.25, 0.3) is 0 Å². The standard InChI is InChI=1S/C23H22O4/c1-25-17-20-12-21(26-15-18-8-4-2-5-9-18)13-23(22(20)14-24)27-16-19-10-6-3-7-11-19/h2-14H,15-17H2,1H3. The van der Waals surface area contributed by atoms with Crippen LogP contribution >= 0.6 is 0 Å². The zero-order chi connectivity index (χ0) is 18.9. The summed E-state index contributed by atoms with van der Waals surface area (Å²) in [5.74, 6) is 1.13. The number of ether oxygens (including phenoxy) is 3. The molecule has 0 aliphatic heterocycles. The predicted molar refractivity (Wildman–Crippen MR) is 104 cm³/mol. The summed E-state index contributed by atoms with van der Waals surface area (Å²) in [6.07, 6.45) is 0.801. The van der Waals surface area contributed by atoms with Crippen LogP contribution in [0.1, 0.15) is 27.0 Å². The Hall–Kier alpha value is -3.11. The van der Waals surface area contributed by atoms with Gasteiger partial charge >= 0.3 is 0 Å². The molecule has 4 nitrogen and oxygen atoms in total. The van der Waals surface area contributed by atoms with Crippen molar-refractivity contribution in [3.8, 4) is 11.5 Å². The summed E-state index contributed by atoms with van der Waals surface area (Å²) in [4.78, 5) is 11.6. The van der Waals surface area contributed by atoms with E-state index in [2.05, 4.69) is 0 Å². The SMILES string of the molecule is COCc1cc(OCc2ccccc2)cc(OCc2ccccc2)c1C=O. The third-order valence-electron chi connectivity index (χ3n) is 4.10. The van der Waals surface area contributed by atoms with Gasteiger partial charge in [0.2, 0.25) is 0 Å². The number of carbonyl (C=O) groups excluding carboxylic acids is 1. The molecule has 0 atom stereocenters. The van der Waals surface area contributed by atoms with Gasteiger partial charge in [0.1, 0.15) is 24.7 Å². The number of hydrogen-bond donors (Lipinski definition) is 0. The molecule has 0 radical (unpaired) electrons. The van der Waals surface area contributed by atoms with E-state index in [1.54, 1.807) is 13.2 Å². The third kappa shape index (κ3) is 5.19. The van der Waals surface area contributed by atoms with E-state index in [-0.39, 0.29) is 0 Å². The van der Waals surface area contributed by atoms with Gasteiger partial charge < -0.3 is 14.2 Å². The highest BCUT2D eigenvalue weighted by atomic mass is 16.5. The Morgan fingerprint density at radius 2 is 1.37 bits per heavy atom. The minimum absolute atomic E-state index is 0.304. The molecule has 0 fully saturated rings. The first-order valence-corrected chi connectivity index (χ1v) is 8.74. The van der Waals surface area contributed by atoms with E-state index in [1.165, 1.54) is 0 Å². The number of hydrogen-bond acceptors (Lipinski definition) is 4. The maximum Gasteiger partial charge on any atom is 0.154 e. The minimum atomic E-state index is 0.304. The summed E-state index contributed by atoms with van der Waals surface area (Å²) >= 11 is 0. The lowest BCUT2D eigenvalue weighted by Gasteiger charge is -2.15.